The molecule has 0 unspecified atom stereocenters. The molecular formula is C25H26FN3O5S. The molecule has 0 saturated heterocycles. The van der Waals surface area contributed by atoms with E-state index in [2.05, 4.69) is 10.6 Å². The summed E-state index contributed by atoms with van der Waals surface area (Å²) < 4.78 is 46.5. The molecular weight excluding hydrogens is 473 g/mol. The van der Waals surface area contributed by atoms with Gasteiger partial charge in [-0.05, 0) is 60.7 Å². The zero-order valence-corrected chi connectivity index (χ0v) is 20.4. The van der Waals surface area contributed by atoms with E-state index in [1.54, 1.807) is 32.0 Å². The van der Waals surface area contributed by atoms with Gasteiger partial charge in [-0.1, -0.05) is 19.9 Å². The molecule has 0 aromatic heterocycles. The van der Waals surface area contributed by atoms with Gasteiger partial charge in [0.05, 0.1) is 10.6 Å². The average molecular weight is 500 g/mol. The van der Waals surface area contributed by atoms with Crippen LogP contribution in [0.15, 0.2) is 71.6 Å². The SMILES string of the molecule is CCN(CC)S(=O)(=O)c1ccc(Oc2ccc(F)cc2)c(NC(=O)c2cccc(NC(C)=O)c2)c1. The molecule has 35 heavy (non-hydrogen) atoms. The van der Waals surface area contributed by atoms with Crippen molar-refractivity contribution in [3.05, 3.63) is 78.1 Å². The first-order chi connectivity index (χ1) is 16.6. The van der Waals surface area contributed by atoms with Gasteiger partial charge in [-0.15, -0.1) is 0 Å². The summed E-state index contributed by atoms with van der Waals surface area (Å²) >= 11 is 0. The van der Waals surface area contributed by atoms with Crippen molar-refractivity contribution < 1.29 is 27.1 Å². The van der Waals surface area contributed by atoms with Crippen LogP contribution in [0.3, 0.4) is 0 Å². The third-order valence-electron chi connectivity index (χ3n) is 5.03. The fourth-order valence-electron chi connectivity index (χ4n) is 3.33. The molecule has 8 nitrogen and oxygen atoms in total. The molecule has 0 aliphatic rings. The van der Waals surface area contributed by atoms with Crippen molar-refractivity contribution in [2.24, 2.45) is 0 Å². The Morgan fingerprint density at radius 2 is 1.63 bits per heavy atom. The van der Waals surface area contributed by atoms with Crippen molar-refractivity contribution in [3.63, 3.8) is 0 Å². The van der Waals surface area contributed by atoms with Crippen LogP contribution in [0.5, 0.6) is 11.5 Å². The Bertz CT molecular complexity index is 1320. The number of carbonyl (C=O) groups is 2. The van der Waals surface area contributed by atoms with Crippen molar-refractivity contribution in [1.82, 2.24) is 4.31 Å². The van der Waals surface area contributed by atoms with Crippen molar-refractivity contribution in [1.29, 1.82) is 0 Å². The summed E-state index contributed by atoms with van der Waals surface area (Å²) in [6.45, 7) is 5.39. The van der Waals surface area contributed by atoms with Gasteiger partial charge in [0, 0.05) is 31.3 Å². The molecule has 0 saturated carbocycles. The van der Waals surface area contributed by atoms with E-state index in [4.69, 9.17) is 4.74 Å². The Labute approximate surface area is 203 Å². The second-order valence-electron chi connectivity index (χ2n) is 7.52. The van der Waals surface area contributed by atoms with Crippen LogP contribution in [-0.2, 0) is 14.8 Å². The Kier molecular flexibility index (Phi) is 8.21. The number of anilines is 2. The molecule has 2 N–H and O–H groups in total. The van der Waals surface area contributed by atoms with Crippen molar-refractivity contribution in [3.8, 4) is 11.5 Å². The predicted octanol–water partition coefficient (Wildman–Crippen LogP) is 4.86. The summed E-state index contributed by atoms with van der Waals surface area (Å²) in [5, 5.41) is 5.30. The van der Waals surface area contributed by atoms with Gasteiger partial charge in [-0.25, -0.2) is 12.8 Å². The van der Waals surface area contributed by atoms with Gasteiger partial charge >= 0.3 is 0 Å². The number of benzene rings is 3. The minimum Gasteiger partial charge on any atom is -0.455 e. The lowest BCUT2D eigenvalue weighted by atomic mass is 10.1. The monoisotopic (exact) mass is 499 g/mol. The van der Waals surface area contributed by atoms with E-state index < -0.39 is 21.7 Å². The van der Waals surface area contributed by atoms with Gasteiger partial charge in [0.25, 0.3) is 5.91 Å². The summed E-state index contributed by atoms with van der Waals surface area (Å²) in [6.07, 6.45) is 0. The summed E-state index contributed by atoms with van der Waals surface area (Å²) in [5.41, 5.74) is 0.782. The average Bonchev–Trinajstić information content (AvgIpc) is 2.82. The summed E-state index contributed by atoms with van der Waals surface area (Å²) in [7, 11) is -3.81. The molecule has 0 radical (unpaired) electrons. The van der Waals surface area contributed by atoms with Crippen molar-refractivity contribution in [2.45, 2.75) is 25.7 Å². The molecule has 3 aromatic rings. The number of carbonyl (C=O) groups excluding carboxylic acids is 2. The lowest BCUT2D eigenvalue weighted by Gasteiger charge is -2.20. The summed E-state index contributed by atoms with van der Waals surface area (Å²) in [5.74, 6) is -0.800. The molecule has 0 aliphatic heterocycles. The van der Waals surface area contributed by atoms with Crippen LogP contribution in [0, 0.1) is 5.82 Å². The molecule has 0 heterocycles. The third-order valence-corrected chi connectivity index (χ3v) is 7.07. The fourth-order valence-corrected chi connectivity index (χ4v) is 4.82. The molecule has 0 spiro atoms. The molecule has 0 atom stereocenters. The maximum absolute atomic E-state index is 13.3. The van der Waals surface area contributed by atoms with E-state index in [1.807, 2.05) is 0 Å². The number of rotatable bonds is 9. The van der Waals surface area contributed by atoms with Gasteiger partial charge in [-0.3, -0.25) is 9.59 Å². The zero-order chi connectivity index (χ0) is 25.6. The number of sulfonamides is 1. The molecule has 10 heteroatoms. The van der Waals surface area contributed by atoms with E-state index in [0.29, 0.717) is 11.4 Å². The standard InChI is InChI=1S/C25H26FN3O5S/c1-4-29(5-2)35(32,33)22-13-14-24(34-21-11-9-19(26)10-12-21)23(16-22)28-25(31)18-7-6-8-20(15-18)27-17(3)30/h6-16H,4-5H2,1-3H3,(H,27,30)(H,28,31). The Balaban J connectivity index is 2.00. The highest BCUT2D eigenvalue weighted by Crippen LogP contribution is 2.33. The van der Waals surface area contributed by atoms with E-state index in [-0.39, 0.29) is 40.9 Å². The Morgan fingerprint density at radius 3 is 2.26 bits per heavy atom. The number of hydrogen-bond acceptors (Lipinski definition) is 5. The highest BCUT2D eigenvalue weighted by Gasteiger charge is 2.24. The number of halogens is 1. The Hall–Kier alpha value is -3.76. The van der Waals surface area contributed by atoms with E-state index >= 15 is 0 Å². The summed E-state index contributed by atoms with van der Waals surface area (Å²) in [4.78, 5) is 24.3. The maximum Gasteiger partial charge on any atom is 0.255 e. The normalized spacial score (nSPS) is 11.2. The number of nitrogens with zero attached hydrogens (tertiary/aromatic N) is 1. The Morgan fingerprint density at radius 1 is 0.943 bits per heavy atom. The number of hydrogen-bond donors (Lipinski definition) is 2. The quantitative estimate of drug-likeness (QED) is 0.438. The zero-order valence-electron chi connectivity index (χ0n) is 19.5. The van der Waals surface area contributed by atoms with Crippen molar-refractivity contribution in [2.75, 3.05) is 23.7 Å². The molecule has 3 aromatic carbocycles. The van der Waals surface area contributed by atoms with Crippen LogP contribution in [0.25, 0.3) is 0 Å². The first-order valence-corrected chi connectivity index (χ1v) is 12.3. The van der Waals surface area contributed by atoms with Crippen LogP contribution in [-0.4, -0.2) is 37.6 Å². The second-order valence-corrected chi connectivity index (χ2v) is 9.46. The third kappa shape index (κ3) is 6.43. The van der Waals surface area contributed by atoms with Crippen LogP contribution in [0.1, 0.15) is 31.1 Å². The number of amides is 2. The van der Waals surface area contributed by atoms with Crippen LogP contribution < -0.4 is 15.4 Å². The number of ether oxygens (including phenoxy) is 1. The lowest BCUT2D eigenvalue weighted by molar-refractivity contribution is -0.114. The van der Waals surface area contributed by atoms with Gasteiger partial charge in [0.2, 0.25) is 15.9 Å². The molecule has 2 amide bonds. The molecule has 0 aliphatic carbocycles. The number of nitrogens with one attached hydrogen (secondary N) is 2. The van der Waals surface area contributed by atoms with Gasteiger partial charge < -0.3 is 15.4 Å². The smallest absolute Gasteiger partial charge is 0.255 e. The maximum atomic E-state index is 13.3. The highest BCUT2D eigenvalue weighted by molar-refractivity contribution is 7.89. The van der Waals surface area contributed by atoms with Gasteiger partial charge in [0.15, 0.2) is 5.75 Å². The van der Waals surface area contributed by atoms with Crippen molar-refractivity contribution >= 4 is 33.2 Å². The minimum atomic E-state index is -3.81. The van der Waals surface area contributed by atoms with Crippen LogP contribution in [0.2, 0.25) is 0 Å². The fraction of sp³-hybridized carbons (Fsp3) is 0.200. The van der Waals surface area contributed by atoms with E-state index in [9.17, 15) is 22.4 Å². The van der Waals surface area contributed by atoms with Gasteiger partial charge in [0.1, 0.15) is 11.6 Å². The first-order valence-electron chi connectivity index (χ1n) is 10.9. The molecule has 0 bridgehead atoms. The van der Waals surface area contributed by atoms with Crippen LogP contribution in [0.4, 0.5) is 15.8 Å². The molecule has 3 rings (SSSR count). The van der Waals surface area contributed by atoms with Gasteiger partial charge in [-0.2, -0.15) is 4.31 Å². The summed E-state index contributed by atoms with van der Waals surface area (Å²) in [6, 6.07) is 15.7. The molecule has 0 fully saturated rings. The highest BCUT2D eigenvalue weighted by atomic mass is 32.2. The predicted molar refractivity (Wildman–Crippen MR) is 132 cm³/mol. The van der Waals surface area contributed by atoms with E-state index in [0.717, 1.165) is 0 Å². The first kappa shape index (κ1) is 25.9. The second kappa shape index (κ2) is 11.1. The topological polar surface area (TPSA) is 105 Å². The molecule has 184 valence electrons. The minimum absolute atomic E-state index is 0.0186. The van der Waals surface area contributed by atoms with E-state index in [1.165, 1.54) is 59.8 Å². The van der Waals surface area contributed by atoms with Crippen LogP contribution >= 0.6 is 0 Å². The largest absolute Gasteiger partial charge is 0.455 e. The lowest BCUT2D eigenvalue weighted by Crippen LogP contribution is -2.30.